The summed E-state index contributed by atoms with van der Waals surface area (Å²) in [5.41, 5.74) is -22.5. The molecule has 0 aliphatic carbocycles. The smallest absolute Gasteiger partial charge is 0.478 e. The molecule has 0 fully saturated rings. The molecule has 15 nitrogen and oxygen atoms in total. The van der Waals surface area contributed by atoms with Crippen LogP contribution in [0.1, 0.15) is 50.8 Å². The molecule has 7 rings (SSSR count). The zero-order valence-corrected chi connectivity index (χ0v) is 53.6. The lowest BCUT2D eigenvalue weighted by atomic mass is 10.1. The van der Waals surface area contributed by atoms with Crippen molar-refractivity contribution in [2.24, 2.45) is 0 Å². The molecule has 99 heavy (non-hydrogen) atoms. The molecular weight excluding hydrogens is 1470 g/mol. The fourth-order valence-corrected chi connectivity index (χ4v) is 9.90. The number of aldehydes is 1. The van der Waals surface area contributed by atoms with E-state index in [1.165, 1.54) is 120 Å². The first-order valence-electron chi connectivity index (χ1n) is 26.3. The average molecular weight is 1510 g/mol. The number of esters is 1. The molecule has 0 saturated carbocycles. The average Bonchev–Trinajstić information content (AvgIpc) is 1.76. The molecule has 1 amide bonds. The fraction of sp³-hybridized carbons (Fsp3) is 0.148. The molecule has 0 unspecified atom stereocenters. The van der Waals surface area contributed by atoms with Crippen molar-refractivity contribution in [2.75, 3.05) is 11.9 Å². The third-order valence-corrected chi connectivity index (χ3v) is 16.2. The molecule has 1 heterocycles. The van der Waals surface area contributed by atoms with Crippen LogP contribution in [0.15, 0.2) is 201 Å². The predicted octanol–water partition coefficient (Wildman–Crippen LogP) is 17.6. The molecule has 532 valence electrons. The van der Waals surface area contributed by atoms with Gasteiger partial charge in [0.2, 0.25) is 5.91 Å². The molecule has 0 aliphatic rings. The van der Waals surface area contributed by atoms with E-state index in [1.807, 2.05) is 0 Å². The van der Waals surface area contributed by atoms with Gasteiger partial charge < -0.3 is 24.8 Å². The summed E-state index contributed by atoms with van der Waals surface area (Å²) in [6.07, 6.45) is 7.47. The number of carboxylic acid groups (broad SMARTS) is 2. The molecule has 0 radical (unpaired) electrons. The maximum absolute atomic E-state index is 13.5. The van der Waals surface area contributed by atoms with E-state index in [0.717, 1.165) is 85.0 Å². The third-order valence-electron chi connectivity index (χ3n) is 11.0. The summed E-state index contributed by atoms with van der Waals surface area (Å²) < 4.78 is 273. The molecule has 0 atom stereocenters. The highest BCUT2D eigenvalue weighted by Gasteiger charge is 2.48. The van der Waals surface area contributed by atoms with Gasteiger partial charge in [0.25, 0.3) is 19.7 Å². The number of rotatable bonds is 17. The minimum atomic E-state index is -5.50. The number of hydrogen-bond donors (Lipinski definition) is 3. The van der Waals surface area contributed by atoms with Crippen molar-refractivity contribution >= 4 is 115 Å². The monoisotopic (exact) mass is 1510 g/mol. The number of sulfone groups is 2. The lowest BCUT2D eigenvalue weighted by Gasteiger charge is -2.15. The van der Waals surface area contributed by atoms with Crippen molar-refractivity contribution in [3.8, 4) is 5.69 Å². The summed E-state index contributed by atoms with van der Waals surface area (Å²) in [5, 5.41) is 18.9. The van der Waals surface area contributed by atoms with E-state index in [4.69, 9.17) is 10.2 Å². The van der Waals surface area contributed by atoms with Gasteiger partial charge in [0.1, 0.15) is 6.29 Å². The Labute approximate surface area is 561 Å². The molecule has 1 aromatic heterocycles. The molecular formula is C61H45F18N3O12S5. The second-order valence-corrected chi connectivity index (χ2v) is 25.7. The number of alkyl halides is 18. The number of carbonyl (C=O) groups is 5. The number of aryl methyl sites for hydroxylation is 1. The highest BCUT2D eigenvalue weighted by atomic mass is 32.2. The van der Waals surface area contributed by atoms with Crippen LogP contribution < -0.4 is 5.32 Å². The minimum Gasteiger partial charge on any atom is -0.478 e. The summed E-state index contributed by atoms with van der Waals surface area (Å²) in [5.74, 6) is -3.62. The Kier molecular flexibility index (Phi) is 31.0. The fourth-order valence-electron chi connectivity index (χ4n) is 6.76. The van der Waals surface area contributed by atoms with Crippen LogP contribution in [-0.2, 0) is 49.8 Å². The van der Waals surface area contributed by atoms with Gasteiger partial charge in [0, 0.05) is 56.4 Å². The van der Waals surface area contributed by atoms with Crippen molar-refractivity contribution in [2.45, 2.75) is 72.0 Å². The molecule has 7 aromatic rings. The quantitative estimate of drug-likeness (QED) is 0.0253. The number of amides is 1. The third kappa shape index (κ3) is 31.0. The SMILES string of the molecule is CCOC(=O)/C=C/c1ccc(SC(F)(F)F)cc1.Cc1cn(-c2ccc(NC(=O)/C=C/c3ccc(S(=O)(=O)C(F)(F)F)cc3)cc2C(F)(F)F)cn1.O=C(O)/C=C/c1ccc(S(=O)(=O)C(F)(F)F)cc1.O=C(O)/C=C/c1ccc(SC(F)(F)F)cc1.O=Cc1ccc(SC(F)(F)F)cc1. The van der Waals surface area contributed by atoms with Crippen LogP contribution in [0, 0.1) is 6.92 Å². The van der Waals surface area contributed by atoms with E-state index in [9.17, 15) is 120 Å². The number of nitrogens with zero attached hydrogens (tertiary/aromatic N) is 2. The number of aliphatic carboxylic acids is 2. The predicted molar refractivity (Wildman–Crippen MR) is 330 cm³/mol. The Bertz CT molecular complexity index is 4210. The van der Waals surface area contributed by atoms with E-state index in [1.54, 1.807) is 13.8 Å². The van der Waals surface area contributed by atoms with Crippen molar-refractivity contribution in [3.63, 3.8) is 0 Å². The minimum absolute atomic E-state index is 0.0694. The van der Waals surface area contributed by atoms with Crippen LogP contribution in [0.2, 0.25) is 0 Å². The number of benzene rings is 6. The topological polar surface area (TPSA) is 233 Å². The summed E-state index contributed by atoms with van der Waals surface area (Å²) in [6, 6.07) is 26.8. The number of anilines is 1. The molecule has 3 N–H and O–H groups in total. The number of aromatic nitrogens is 2. The number of ether oxygens (including phenoxy) is 1. The van der Waals surface area contributed by atoms with Gasteiger partial charge in [-0.3, -0.25) is 9.59 Å². The number of nitrogens with one attached hydrogen (secondary N) is 1. The molecule has 38 heteroatoms. The second kappa shape index (κ2) is 36.5. The maximum atomic E-state index is 13.5. The first kappa shape index (κ1) is 84.0. The van der Waals surface area contributed by atoms with Crippen molar-refractivity contribution in [1.82, 2.24) is 9.55 Å². The van der Waals surface area contributed by atoms with Gasteiger partial charge in [-0.05, 0) is 175 Å². The Morgan fingerprint density at radius 3 is 1.15 bits per heavy atom. The summed E-state index contributed by atoms with van der Waals surface area (Å²) in [4.78, 5) is 56.0. The molecule has 0 spiro atoms. The van der Waals surface area contributed by atoms with Gasteiger partial charge in [-0.25, -0.2) is 36.2 Å². The summed E-state index contributed by atoms with van der Waals surface area (Å²) in [6.45, 7) is 3.59. The summed E-state index contributed by atoms with van der Waals surface area (Å²) >= 11 is -0.576. The van der Waals surface area contributed by atoms with Crippen LogP contribution in [0.4, 0.5) is 84.7 Å². The van der Waals surface area contributed by atoms with Crippen LogP contribution in [-0.4, -0.2) is 101 Å². The van der Waals surface area contributed by atoms with E-state index in [-0.39, 0.29) is 79.1 Å². The van der Waals surface area contributed by atoms with E-state index < -0.39 is 92.6 Å². The van der Waals surface area contributed by atoms with Crippen molar-refractivity contribution < 1.29 is 135 Å². The maximum Gasteiger partial charge on any atom is 0.501 e. The highest BCUT2D eigenvalue weighted by Crippen LogP contribution is 2.40. The lowest BCUT2D eigenvalue weighted by Crippen LogP contribution is -2.23. The zero-order valence-electron chi connectivity index (χ0n) is 49.6. The molecule has 0 aliphatic heterocycles. The highest BCUT2D eigenvalue weighted by molar-refractivity contribution is 8.00. The van der Waals surface area contributed by atoms with Gasteiger partial charge in [-0.15, -0.1) is 0 Å². The Hall–Kier alpha value is -9.27. The molecule has 0 saturated heterocycles. The van der Waals surface area contributed by atoms with Crippen LogP contribution in [0.3, 0.4) is 0 Å². The molecule has 0 bridgehead atoms. The number of thioether (sulfide) groups is 3. The van der Waals surface area contributed by atoms with E-state index >= 15 is 0 Å². The number of halogens is 18. The first-order chi connectivity index (χ1) is 45.6. The van der Waals surface area contributed by atoms with E-state index in [2.05, 4.69) is 15.0 Å². The van der Waals surface area contributed by atoms with Gasteiger partial charge >= 0.3 is 51.6 Å². The van der Waals surface area contributed by atoms with E-state index in [0.29, 0.717) is 28.7 Å². The first-order valence-corrected chi connectivity index (χ1v) is 31.8. The van der Waals surface area contributed by atoms with Crippen molar-refractivity contribution in [1.29, 1.82) is 0 Å². The molecule has 6 aromatic carbocycles. The Morgan fingerprint density at radius 1 is 0.505 bits per heavy atom. The second-order valence-electron chi connectivity index (χ2n) is 18.4. The Morgan fingerprint density at radius 2 is 0.848 bits per heavy atom. The summed E-state index contributed by atoms with van der Waals surface area (Å²) in [7, 11) is -10.9. The van der Waals surface area contributed by atoms with Gasteiger partial charge in [0.05, 0.1) is 39.7 Å². The number of imidazole rings is 1. The number of carboxylic acids is 2. The van der Waals surface area contributed by atoms with Gasteiger partial charge in [-0.2, -0.15) is 79.0 Å². The number of carbonyl (C=O) groups excluding carboxylic acids is 3. The van der Waals surface area contributed by atoms with Crippen LogP contribution in [0.25, 0.3) is 30.0 Å². The van der Waals surface area contributed by atoms with Crippen molar-refractivity contribution in [3.05, 3.63) is 215 Å². The van der Waals surface area contributed by atoms with Gasteiger partial charge in [-0.1, -0.05) is 60.7 Å². The van der Waals surface area contributed by atoms with Crippen LogP contribution >= 0.6 is 35.3 Å². The standard InChI is InChI=1S/C21H15F6N3O3S.C12H11F3O2S.C10H7F3O4S.C10H7F3O2S.C8H5F3OS/c1-13-11-30(12-28-13)18-8-5-15(10-17(18)20(22,23)24)29-19(31)9-4-14-2-6-16(7-3-14)34(32,33)21(25,26)27;1-2-17-11(16)8-5-9-3-6-10(7-4-9)18-12(13,14)15;11-10(12,13)18(16,17)8-4-1-7(2-5-8)3-6-9(14)15;11-10(12,13)16-8-4-1-7(2-5-8)3-6-9(14)15;9-8(10,11)13-7-3-1-6(5-12)2-4-7/h2-12H,1H3,(H,29,31);3-8H,2H2,1H3;1-6H,(H,14,15);1-6H,(H,14,15);1-5H/b9-4+;8-5+;2*6-3+;. The van der Waals surface area contributed by atoms with Gasteiger partial charge in [0.15, 0.2) is 0 Å². The number of hydrogen-bond acceptors (Lipinski definition) is 14. The largest absolute Gasteiger partial charge is 0.501 e. The lowest BCUT2D eigenvalue weighted by molar-refractivity contribution is -0.138. The Balaban J connectivity index is 0.000000339. The van der Waals surface area contributed by atoms with Crippen LogP contribution in [0.5, 0.6) is 0 Å². The zero-order chi connectivity index (χ0) is 75.0. The normalized spacial score (nSPS) is 12.3.